The highest BCUT2D eigenvalue weighted by atomic mass is 127. The van der Waals surface area contributed by atoms with Crippen molar-refractivity contribution in [3.63, 3.8) is 0 Å². The van der Waals surface area contributed by atoms with Crippen molar-refractivity contribution in [2.45, 2.75) is 0 Å². The van der Waals surface area contributed by atoms with Gasteiger partial charge in [0.15, 0.2) is 0 Å². The molecule has 0 unspecified atom stereocenters. The van der Waals surface area contributed by atoms with Crippen molar-refractivity contribution in [1.82, 2.24) is 0 Å². The molecular weight excluding hydrogens is 439 g/mol. The van der Waals surface area contributed by atoms with Gasteiger partial charge in [-0.15, -0.1) is 0 Å². The number of hydrogen-bond acceptors (Lipinski definition) is 4. The van der Waals surface area contributed by atoms with E-state index in [2.05, 4.69) is 25.7 Å². The summed E-state index contributed by atoms with van der Waals surface area (Å²) in [6.07, 6.45) is 0. The quantitative estimate of drug-likeness (QED) is 0.397. The molecule has 2 aromatic rings. The summed E-state index contributed by atoms with van der Waals surface area (Å²) in [6, 6.07) is 13.6. The molecule has 20 heavy (non-hydrogen) atoms. The molecule has 0 N–H and O–H groups in total. The summed E-state index contributed by atoms with van der Waals surface area (Å²) in [5.41, 5.74) is 0.621. The van der Waals surface area contributed by atoms with E-state index in [0.717, 1.165) is 0 Å². The highest BCUT2D eigenvalue weighted by molar-refractivity contribution is 14.1. The van der Waals surface area contributed by atoms with E-state index < -0.39 is 11.9 Å². The zero-order valence-corrected chi connectivity index (χ0v) is 13.8. The van der Waals surface area contributed by atoms with Crippen LogP contribution in [0.4, 0.5) is 0 Å². The van der Waals surface area contributed by atoms with Crippen LogP contribution in [-0.2, 0) is 9.78 Å². The van der Waals surface area contributed by atoms with Crippen molar-refractivity contribution in [2.24, 2.45) is 0 Å². The third-order valence-corrected chi connectivity index (χ3v) is 4.01. The predicted molar refractivity (Wildman–Crippen MR) is 84.1 cm³/mol. The predicted octanol–water partition coefficient (Wildman–Crippen LogP) is 3.98. The minimum atomic E-state index is -0.739. The first-order valence-electron chi connectivity index (χ1n) is 5.52. The molecule has 0 radical (unpaired) electrons. The first-order chi connectivity index (χ1) is 9.59. The van der Waals surface area contributed by atoms with Crippen LogP contribution in [0, 0.1) is 3.57 Å². The van der Waals surface area contributed by atoms with Crippen LogP contribution in [0.3, 0.4) is 0 Å². The Bertz CT molecular complexity index is 600. The minimum absolute atomic E-state index is 0.281. The Morgan fingerprint density at radius 3 is 1.95 bits per heavy atom. The van der Waals surface area contributed by atoms with E-state index in [4.69, 9.17) is 0 Å². The van der Waals surface area contributed by atoms with E-state index in [1.807, 2.05) is 22.6 Å². The first-order valence-corrected chi connectivity index (χ1v) is 7.39. The van der Waals surface area contributed by atoms with E-state index in [1.54, 1.807) is 48.5 Å². The second-order valence-corrected chi connectivity index (χ2v) is 5.72. The molecular formula is C14H8BrIO4. The monoisotopic (exact) mass is 446 g/mol. The van der Waals surface area contributed by atoms with Crippen molar-refractivity contribution in [3.05, 3.63) is 67.7 Å². The summed E-state index contributed by atoms with van der Waals surface area (Å²) in [4.78, 5) is 32.6. The SMILES string of the molecule is O=C(OOC(=O)c1ccccc1I)c1ccccc1Br. The lowest BCUT2D eigenvalue weighted by molar-refractivity contribution is -0.187. The van der Waals surface area contributed by atoms with E-state index >= 15 is 0 Å². The fourth-order valence-corrected chi connectivity index (χ4v) is 2.47. The molecule has 0 spiro atoms. The van der Waals surface area contributed by atoms with Crippen molar-refractivity contribution >= 4 is 50.5 Å². The minimum Gasteiger partial charge on any atom is -0.241 e. The van der Waals surface area contributed by atoms with Gasteiger partial charge in [0.25, 0.3) is 0 Å². The molecule has 0 saturated heterocycles. The van der Waals surface area contributed by atoms with Gasteiger partial charge in [0.05, 0.1) is 11.1 Å². The average molecular weight is 447 g/mol. The molecule has 0 aliphatic rings. The third-order valence-electron chi connectivity index (χ3n) is 2.38. The highest BCUT2D eigenvalue weighted by Crippen LogP contribution is 2.18. The lowest BCUT2D eigenvalue weighted by Gasteiger charge is -2.05. The number of carbonyl (C=O) groups is 2. The van der Waals surface area contributed by atoms with E-state index in [-0.39, 0.29) is 5.56 Å². The standard InChI is InChI=1S/C14H8BrIO4/c15-11-7-3-1-5-9(11)13(17)19-20-14(18)10-6-2-4-8-12(10)16/h1-8H. The third kappa shape index (κ3) is 3.57. The number of rotatable bonds is 2. The van der Waals surface area contributed by atoms with Gasteiger partial charge in [-0.2, -0.15) is 0 Å². The average Bonchev–Trinajstić information content (AvgIpc) is 2.45. The summed E-state index contributed by atoms with van der Waals surface area (Å²) >= 11 is 5.22. The van der Waals surface area contributed by atoms with Crippen LogP contribution >= 0.6 is 38.5 Å². The van der Waals surface area contributed by atoms with Crippen molar-refractivity contribution < 1.29 is 19.4 Å². The fourth-order valence-electron chi connectivity index (χ4n) is 1.42. The molecule has 0 amide bonds. The van der Waals surface area contributed by atoms with Gasteiger partial charge >= 0.3 is 11.9 Å². The van der Waals surface area contributed by atoms with Gasteiger partial charge in [0.1, 0.15) is 0 Å². The van der Waals surface area contributed by atoms with Gasteiger partial charge in [0, 0.05) is 8.04 Å². The lowest BCUT2D eigenvalue weighted by Crippen LogP contribution is -2.13. The van der Waals surface area contributed by atoms with Crippen LogP contribution in [0.15, 0.2) is 53.0 Å². The van der Waals surface area contributed by atoms with Crippen molar-refractivity contribution in [1.29, 1.82) is 0 Å². The Morgan fingerprint density at radius 2 is 1.35 bits per heavy atom. The van der Waals surface area contributed by atoms with Gasteiger partial charge in [-0.05, 0) is 62.8 Å². The van der Waals surface area contributed by atoms with Gasteiger partial charge in [-0.1, -0.05) is 24.3 Å². The van der Waals surface area contributed by atoms with E-state index in [0.29, 0.717) is 13.6 Å². The molecule has 102 valence electrons. The summed E-state index contributed by atoms with van der Waals surface area (Å²) in [7, 11) is 0. The van der Waals surface area contributed by atoms with Gasteiger partial charge in [0.2, 0.25) is 0 Å². The second kappa shape index (κ2) is 6.85. The molecule has 0 aliphatic carbocycles. The molecule has 0 fully saturated rings. The molecule has 2 rings (SSSR count). The number of halogens is 2. The Balaban J connectivity index is 2.03. The molecule has 0 saturated carbocycles. The Morgan fingerprint density at radius 1 is 0.850 bits per heavy atom. The van der Waals surface area contributed by atoms with Crippen molar-refractivity contribution in [3.8, 4) is 0 Å². The Kier molecular flexibility index (Phi) is 5.13. The lowest BCUT2D eigenvalue weighted by atomic mass is 10.2. The van der Waals surface area contributed by atoms with Crippen molar-refractivity contribution in [2.75, 3.05) is 0 Å². The number of carbonyl (C=O) groups excluding carboxylic acids is 2. The van der Waals surface area contributed by atoms with Gasteiger partial charge in [-0.25, -0.2) is 19.4 Å². The van der Waals surface area contributed by atoms with E-state index in [9.17, 15) is 9.59 Å². The first kappa shape index (κ1) is 15.0. The maximum atomic E-state index is 11.8. The molecule has 0 heterocycles. The normalized spacial score (nSPS) is 9.90. The van der Waals surface area contributed by atoms with E-state index in [1.165, 1.54) is 0 Å². The number of hydrogen-bond donors (Lipinski definition) is 0. The maximum absolute atomic E-state index is 11.8. The van der Waals surface area contributed by atoms with Gasteiger partial charge < -0.3 is 0 Å². The Labute approximate surface area is 137 Å². The van der Waals surface area contributed by atoms with Crippen LogP contribution in [-0.4, -0.2) is 11.9 Å². The second-order valence-electron chi connectivity index (χ2n) is 3.70. The molecule has 0 bridgehead atoms. The summed E-state index contributed by atoms with van der Waals surface area (Å²) in [5.74, 6) is -1.45. The highest BCUT2D eigenvalue weighted by Gasteiger charge is 2.17. The van der Waals surface area contributed by atoms with Gasteiger partial charge in [-0.3, -0.25) is 0 Å². The zero-order valence-electron chi connectivity index (χ0n) is 10.0. The summed E-state index contributed by atoms with van der Waals surface area (Å²) in [6.45, 7) is 0. The molecule has 0 aromatic heterocycles. The fraction of sp³-hybridized carbons (Fsp3) is 0. The summed E-state index contributed by atoms with van der Waals surface area (Å²) in [5, 5.41) is 0. The van der Waals surface area contributed by atoms with Crippen LogP contribution in [0.25, 0.3) is 0 Å². The number of benzene rings is 2. The van der Waals surface area contributed by atoms with Crippen LogP contribution < -0.4 is 0 Å². The molecule has 0 aliphatic heterocycles. The topological polar surface area (TPSA) is 52.6 Å². The molecule has 6 heteroatoms. The van der Waals surface area contributed by atoms with Crippen LogP contribution in [0.5, 0.6) is 0 Å². The van der Waals surface area contributed by atoms with Crippen LogP contribution in [0.1, 0.15) is 20.7 Å². The smallest absolute Gasteiger partial charge is 0.241 e. The largest absolute Gasteiger partial charge is 0.387 e. The molecule has 4 nitrogen and oxygen atoms in total. The summed E-state index contributed by atoms with van der Waals surface area (Å²) < 4.78 is 1.28. The Hall–Kier alpha value is -1.41. The molecule has 2 aromatic carbocycles. The maximum Gasteiger partial charge on any atom is 0.387 e. The zero-order chi connectivity index (χ0) is 14.5. The van der Waals surface area contributed by atoms with Crippen LogP contribution in [0.2, 0.25) is 0 Å². The molecule has 0 atom stereocenters.